The molecule has 0 atom stereocenters. The van der Waals surface area contributed by atoms with Crippen molar-refractivity contribution in [2.45, 2.75) is 40.2 Å². The van der Waals surface area contributed by atoms with Crippen molar-refractivity contribution in [3.05, 3.63) is 33.6 Å². The topological polar surface area (TPSA) is 59.8 Å². The fourth-order valence-electron chi connectivity index (χ4n) is 1.93. The molecule has 2 aromatic rings. The van der Waals surface area contributed by atoms with Crippen molar-refractivity contribution in [1.82, 2.24) is 14.8 Å². The Hall–Kier alpha value is -1.66. The molecule has 1 N–H and O–H groups in total. The van der Waals surface area contributed by atoms with Gasteiger partial charge in [-0.2, -0.15) is 5.10 Å². The molecular weight excluding hydrogens is 320 g/mol. The van der Waals surface area contributed by atoms with Gasteiger partial charge in [-0.1, -0.05) is 24.9 Å². The average molecular weight is 339 g/mol. The van der Waals surface area contributed by atoms with Gasteiger partial charge in [-0.05, 0) is 26.3 Å². The van der Waals surface area contributed by atoms with Gasteiger partial charge in [0, 0.05) is 23.6 Å². The average Bonchev–Trinajstić information content (AvgIpc) is 2.99. The van der Waals surface area contributed by atoms with E-state index in [0.29, 0.717) is 10.3 Å². The number of carbonyl (C=O) groups is 1. The second-order valence-electron chi connectivity index (χ2n) is 4.98. The molecule has 0 aliphatic heterocycles. The molecule has 0 radical (unpaired) electrons. The number of anilines is 1. The Morgan fingerprint density at radius 3 is 2.91 bits per heavy atom. The van der Waals surface area contributed by atoms with Crippen LogP contribution in [-0.4, -0.2) is 20.7 Å². The smallest absolute Gasteiger partial charge is 0.250 e. The first kappa shape index (κ1) is 16.7. The summed E-state index contributed by atoms with van der Waals surface area (Å²) in [5.74, 6) is -0.230. The summed E-state index contributed by atoms with van der Waals surface area (Å²) in [5.41, 5.74) is 2.49. The first-order valence-electron chi connectivity index (χ1n) is 7.15. The van der Waals surface area contributed by atoms with Gasteiger partial charge in [-0.3, -0.25) is 14.8 Å². The first-order valence-corrected chi connectivity index (χ1v) is 8.41. The Morgan fingerprint density at radius 1 is 1.50 bits per heavy atom. The quantitative estimate of drug-likeness (QED) is 0.808. The van der Waals surface area contributed by atoms with E-state index in [4.69, 9.17) is 11.6 Å². The molecule has 7 heteroatoms. The molecule has 1 amide bonds. The lowest BCUT2D eigenvalue weighted by molar-refractivity contribution is -0.111. The Labute approximate surface area is 139 Å². The summed E-state index contributed by atoms with van der Waals surface area (Å²) in [5, 5.41) is 10.2. The minimum atomic E-state index is -0.230. The number of rotatable bonds is 6. The van der Waals surface area contributed by atoms with Gasteiger partial charge >= 0.3 is 0 Å². The van der Waals surface area contributed by atoms with E-state index in [1.54, 1.807) is 10.8 Å². The molecule has 2 rings (SSSR count). The number of thiazole rings is 1. The number of carbonyl (C=O) groups excluding carboxylic acids is 1. The van der Waals surface area contributed by atoms with E-state index in [1.165, 1.54) is 17.4 Å². The largest absolute Gasteiger partial charge is 0.298 e. The second kappa shape index (κ2) is 7.56. The molecule has 22 heavy (non-hydrogen) atoms. The monoisotopic (exact) mass is 338 g/mol. The maximum absolute atomic E-state index is 11.9. The van der Waals surface area contributed by atoms with Crippen LogP contribution >= 0.6 is 22.9 Å². The highest BCUT2D eigenvalue weighted by Crippen LogP contribution is 2.22. The SMILES string of the molecule is CCCCn1nc(C)c(C=CC(=O)Nc2nc(C)cs2)c1Cl. The zero-order valence-corrected chi connectivity index (χ0v) is 14.5. The van der Waals surface area contributed by atoms with Gasteiger partial charge in [0.15, 0.2) is 5.13 Å². The Morgan fingerprint density at radius 2 is 2.27 bits per heavy atom. The lowest BCUT2D eigenvalue weighted by atomic mass is 10.2. The number of halogens is 1. The van der Waals surface area contributed by atoms with Gasteiger partial charge in [0.05, 0.1) is 11.4 Å². The van der Waals surface area contributed by atoms with Crippen LogP contribution in [-0.2, 0) is 11.3 Å². The van der Waals surface area contributed by atoms with Crippen LogP contribution in [0.4, 0.5) is 5.13 Å². The van der Waals surface area contributed by atoms with Crippen molar-refractivity contribution in [3.8, 4) is 0 Å². The Kier molecular flexibility index (Phi) is 5.74. The number of aryl methyl sites for hydroxylation is 3. The number of nitrogens with zero attached hydrogens (tertiary/aromatic N) is 3. The van der Waals surface area contributed by atoms with Crippen LogP contribution in [0.15, 0.2) is 11.5 Å². The van der Waals surface area contributed by atoms with Crippen LogP contribution in [0.5, 0.6) is 0 Å². The molecule has 0 aromatic carbocycles. The molecule has 0 spiro atoms. The van der Waals surface area contributed by atoms with E-state index in [1.807, 2.05) is 19.2 Å². The fourth-order valence-corrected chi connectivity index (χ4v) is 2.94. The van der Waals surface area contributed by atoms with Gasteiger partial charge in [-0.25, -0.2) is 4.98 Å². The van der Waals surface area contributed by atoms with Gasteiger partial charge in [0.25, 0.3) is 0 Å². The normalized spacial score (nSPS) is 11.3. The zero-order valence-electron chi connectivity index (χ0n) is 12.9. The minimum absolute atomic E-state index is 0.230. The molecule has 0 bridgehead atoms. The van der Waals surface area contributed by atoms with E-state index in [9.17, 15) is 4.79 Å². The standard InChI is InChI=1S/C15H19ClN4OS/c1-4-5-8-20-14(16)12(11(3)19-20)6-7-13(21)18-15-17-10(2)9-22-15/h6-7,9H,4-5,8H2,1-3H3,(H,17,18,21). The first-order chi connectivity index (χ1) is 10.5. The number of hydrogen-bond acceptors (Lipinski definition) is 4. The molecular formula is C15H19ClN4OS. The van der Waals surface area contributed by atoms with Gasteiger partial charge in [0.2, 0.25) is 5.91 Å². The van der Waals surface area contributed by atoms with E-state index in [-0.39, 0.29) is 5.91 Å². The summed E-state index contributed by atoms with van der Waals surface area (Å²) in [6, 6.07) is 0. The van der Waals surface area contributed by atoms with E-state index in [2.05, 4.69) is 22.3 Å². The van der Waals surface area contributed by atoms with Crippen molar-refractivity contribution in [3.63, 3.8) is 0 Å². The zero-order chi connectivity index (χ0) is 16.1. The molecule has 0 aliphatic rings. The summed E-state index contributed by atoms with van der Waals surface area (Å²) < 4.78 is 1.78. The van der Waals surface area contributed by atoms with Crippen LogP contribution < -0.4 is 5.32 Å². The van der Waals surface area contributed by atoms with Crippen molar-refractivity contribution in [2.75, 3.05) is 5.32 Å². The number of nitrogens with one attached hydrogen (secondary N) is 1. The van der Waals surface area contributed by atoms with E-state index >= 15 is 0 Å². The van der Waals surface area contributed by atoms with Crippen LogP contribution in [0, 0.1) is 13.8 Å². The molecule has 2 heterocycles. The van der Waals surface area contributed by atoms with E-state index < -0.39 is 0 Å². The van der Waals surface area contributed by atoms with Gasteiger partial charge in [-0.15, -0.1) is 11.3 Å². The van der Waals surface area contributed by atoms with Crippen LogP contribution in [0.1, 0.15) is 36.7 Å². The van der Waals surface area contributed by atoms with Crippen molar-refractivity contribution < 1.29 is 4.79 Å². The van der Waals surface area contributed by atoms with E-state index in [0.717, 1.165) is 36.3 Å². The maximum Gasteiger partial charge on any atom is 0.250 e. The predicted molar refractivity (Wildman–Crippen MR) is 91.4 cm³/mol. The van der Waals surface area contributed by atoms with Crippen molar-refractivity contribution >= 4 is 40.1 Å². The molecule has 2 aromatic heterocycles. The summed E-state index contributed by atoms with van der Waals surface area (Å²) in [4.78, 5) is 16.1. The highest BCUT2D eigenvalue weighted by atomic mass is 35.5. The minimum Gasteiger partial charge on any atom is -0.298 e. The van der Waals surface area contributed by atoms with Gasteiger partial charge < -0.3 is 0 Å². The lowest BCUT2D eigenvalue weighted by Gasteiger charge is -2.00. The Balaban J connectivity index is 2.06. The van der Waals surface area contributed by atoms with Crippen molar-refractivity contribution in [1.29, 1.82) is 0 Å². The molecule has 0 aliphatic carbocycles. The third-order valence-electron chi connectivity index (χ3n) is 3.08. The molecule has 5 nitrogen and oxygen atoms in total. The highest BCUT2D eigenvalue weighted by Gasteiger charge is 2.11. The number of amides is 1. The lowest BCUT2D eigenvalue weighted by Crippen LogP contribution is -2.07. The van der Waals surface area contributed by atoms with Crippen LogP contribution in [0.2, 0.25) is 5.15 Å². The van der Waals surface area contributed by atoms with Crippen LogP contribution in [0.3, 0.4) is 0 Å². The summed E-state index contributed by atoms with van der Waals surface area (Å²) >= 11 is 7.72. The fraction of sp³-hybridized carbons (Fsp3) is 0.400. The predicted octanol–water partition coefficient (Wildman–Crippen LogP) is 4.06. The molecule has 0 saturated carbocycles. The van der Waals surface area contributed by atoms with Crippen LogP contribution in [0.25, 0.3) is 6.08 Å². The van der Waals surface area contributed by atoms with Crippen molar-refractivity contribution in [2.24, 2.45) is 0 Å². The summed E-state index contributed by atoms with van der Waals surface area (Å²) in [6.45, 7) is 6.68. The second-order valence-corrected chi connectivity index (χ2v) is 6.20. The number of unbranched alkanes of at least 4 members (excludes halogenated alkanes) is 1. The number of aromatic nitrogens is 3. The maximum atomic E-state index is 11.9. The summed E-state index contributed by atoms with van der Waals surface area (Å²) in [7, 11) is 0. The summed E-state index contributed by atoms with van der Waals surface area (Å²) in [6.07, 6.45) is 5.25. The number of hydrogen-bond donors (Lipinski definition) is 1. The third kappa shape index (κ3) is 4.18. The molecule has 0 saturated heterocycles. The molecule has 0 fully saturated rings. The van der Waals surface area contributed by atoms with Gasteiger partial charge in [0.1, 0.15) is 5.15 Å². The molecule has 0 unspecified atom stereocenters. The molecule has 118 valence electrons. The third-order valence-corrected chi connectivity index (χ3v) is 4.36. The Bertz CT molecular complexity index is 690. The highest BCUT2D eigenvalue weighted by molar-refractivity contribution is 7.13.